The third kappa shape index (κ3) is 2.90. The highest BCUT2D eigenvalue weighted by molar-refractivity contribution is 6.22. The minimum absolute atomic E-state index is 0.684. The highest BCUT2D eigenvalue weighted by atomic mass is 15.2. The van der Waals surface area contributed by atoms with Crippen molar-refractivity contribution in [1.82, 2.24) is 19.1 Å². The Hall–Kier alpha value is -5.48. The fraction of sp³-hybridized carbons (Fsp3) is 0. The summed E-state index contributed by atoms with van der Waals surface area (Å²) in [4.78, 5) is 9.79. The van der Waals surface area contributed by atoms with Gasteiger partial charge in [-0.2, -0.15) is 0 Å². The van der Waals surface area contributed by atoms with E-state index in [1.54, 1.807) is 0 Å². The number of hydrogen-bond acceptors (Lipinski definition) is 2. The molecule has 0 aliphatic heterocycles. The smallest absolute Gasteiger partial charge is 0.235 e. The molecule has 0 fully saturated rings. The van der Waals surface area contributed by atoms with Gasteiger partial charge in [-0.25, -0.2) is 9.97 Å². The molecule has 3 aromatic heterocycles. The van der Waals surface area contributed by atoms with Crippen LogP contribution >= 0.6 is 0 Å². The lowest BCUT2D eigenvalue weighted by atomic mass is 10.0. The van der Waals surface area contributed by atoms with Crippen LogP contribution in [0.2, 0.25) is 0 Å². The topological polar surface area (TPSA) is 35.6 Å². The van der Waals surface area contributed by atoms with E-state index in [0.29, 0.717) is 5.95 Å². The third-order valence-corrected chi connectivity index (χ3v) is 8.13. The first-order valence-corrected chi connectivity index (χ1v) is 13.5. The monoisotopic (exact) mass is 510 g/mol. The summed E-state index contributed by atoms with van der Waals surface area (Å²) < 4.78 is 4.61. The Bertz CT molecular complexity index is 2430. The Morgan fingerprint density at radius 2 is 1.15 bits per heavy atom. The van der Waals surface area contributed by atoms with Crippen molar-refractivity contribution in [3.05, 3.63) is 134 Å². The fourth-order valence-electron chi connectivity index (χ4n) is 6.38. The molecule has 0 spiro atoms. The minimum atomic E-state index is 0.684. The van der Waals surface area contributed by atoms with Gasteiger partial charge in [0.1, 0.15) is 0 Å². The van der Waals surface area contributed by atoms with Crippen LogP contribution in [0.5, 0.6) is 0 Å². The van der Waals surface area contributed by atoms with Gasteiger partial charge >= 0.3 is 0 Å². The number of benzene rings is 6. The molecule has 0 radical (unpaired) electrons. The molecule has 0 unspecified atom stereocenters. The van der Waals surface area contributed by atoms with E-state index in [0.717, 1.165) is 27.6 Å². The van der Waals surface area contributed by atoms with E-state index in [-0.39, 0.29) is 0 Å². The van der Waals surface area contributed by atoms with Crippen LogP contribution in [-0.2, 0) is 0 Å². The average Bonchev–Trinajstić information content (AvgIpc) is 3.53. The van der Waals surface area contributed by atoms with Crippen LogP contribution in [0.3, 0.4) is 0 Å². The highest BCUT2D eigenvalue weighted by Gasteiger charge is 2.19. The molecule has 0 bridgehead atoms. The summed E-state index contributed by atoms with van der Waals surface area (Å²) in [5, 5.41) is 8.35. The molecule has 40 heavy (non-hydrogen) atoms. The largest absolute Gasteiger partial charge is 0.309 e. The number of aromatic nitrogens is 4. The second-order valence-corrected chi connectivity index (χ2v) is 10.3. The van der Waals surface area contributed by atoms with Gasteiger partial charge in [-0.15, -0.1) is 0 Å². The van der Waals surface area contributed by atoms with Crippen molar-refractivity contribution in [1.29, 1.82) is 0 Å². The zero-order chi connectivity index (χ0) is 26.2. The van der Waals surface area contributed by atoms with E-state index in [1.165, 1.54) is 43.4 Å². The summed E-state index contributed by atoms with van der Waals surface area (Å²) in [7, 11) is 0. The molecule has 0 atom stereocenters. The fourth-order valence-corrected chi connectivity index (χ4v) is 6.38. The molecule has 0 saturated heterocycles. The van der Waals surface area contributed by atoms with Crippen molar-refractivity contribution >= 4 is 65.3 Å². The maximum Gasteiger partial charge on any atom is 0.235 e. The molecule has 186 valence electrons. The Kier molecular flexibility index (Phi) is 4.30. The molecule has 0 saturated carbocycles. The number of rotatable bonds is 2. The van der Waals surface area contributed by atoms with Gasteiger partial charge in [-0.1, -0.05) is 84.9 Å². The van der Waals surface area contributed by atoms with Crippen LogP contribution in [0.25, 0.3) is 76.9 Å². The lowest BCUT2D eigenvalue weighted by Crippen LogP contribution is -2.01. The van der Waals surface area contributed by atoms with Crippen LogP contribution in [0.1, 0.15) is 0 Å². The van der Waals surface area contributed by atoms with Crippen molar-refractivity contribution in [3.63, 3.8) is 0 Å². The maximum atomic E-state index is 4.98. The molecular formula is C36H22N4. The van der Waals surface area contributed by atoms with Gasteiger partial charge in [0.05, 0.1) is 27.6 Å². The molecule has 6 aromatic carbocycles. The maximum absolute atomic E-state index is 4.98. The predicted octanol–water partition coefficient (Wildman–Crippen LogP) is 8.98. The van der Waals surface area contributed by atoms with E-state index < -0.39 is 0 Å². The Morgan fingerprint density at radius 3 is 2.00 bits per heavy atom. The van der Waals surface area contributed by atoms with Crippen molar-refractivity contribution in [2.75, 3.05) is 0 Å². The van der Waals surface area contributed by atoms with Crippen molar-refractivity contribution in [2.24, 2.45) is 0 Å². The summed E-state index contributed by atoms with van der Waals surface area (Å²) in [6.07, 6.45) is 1.92. The summed E-state index contributed by atoms with van der Waals surface area (Å²) in [6.45, 7) is 0. The van der Waals surface area contributed by atoms with Gasteiger partial charge in [0.15, 0.2) is 0 Å². The van der Waals surface area contributed by atoms with Gasteiger partial charge in [0.25, 0.3) is 0 Å². The van der Waals surface area contributed by atoms with Gasteiger partial charge in [0, 0.05) is 44.2 Å². The Balaban J connectivity index is 1.44. The predicted molar refractivity (Wildman–Crippen MR) is 166 cm³/mol. The third-order valence-electron chi connectivity index (χ3n) is 8.13. The zero-order valence-corrected chi connectivity index (χ0v) is 21.5. The van der Waals surface area contributed by atoms with Crippen LogP contribution in [0.15, 0.2) is 134 Å². The van der Waals surface area contributed by atoms with E-state index in [4.69, 9.17) is 9.97 Å². The molecular weight excluding hydrogens is 488 g/mol. The first-order valence-electron chi connectivity index (χ1n) is 13.5. The van der Waals surface area contributed by atoms with Crippen LogP contribution in [0, 0.1) is 0 Å². The first-order chi connectivity index (χ1) is 19.8. The molecule has 9 rings (SSSR count). The second kappa shape index (κ2) is 8.01. The Labute approximate surface area is 229 Å². The molecule has 0 N–H and O–H groups in total. The van der Waals surface area contributed by atoms with Crippen LogP contribution < -0.4 is 0 Å². The molecule has 3 heterocycles. The van der Waals surface area contributed by atoms with Gasteiger partial charge in [-0.05, 0) is 47.9 Å². The SMILES string of the molecule is c1ccc(-n2c3ccccc3c3ccc4cc5c(cc4c32)c2ccccc2n5-c2ncc3ccccc3n2)cc1. The van der Waals surface area contributed by atoms with Crippen molar-refractivity contribution in [3.8, 4) is 11.6 Å². The Morgan fingerprint density at radius 1 is 0.450 bits per heavy atom. The normalized spacial score (nSPS) is 12.0. The summed E-state index contributed by atoms with van der Waals surface area (Å²) in [5.74, 6) is 0.684. The number of fused-ring (bicyclic) bond motifs is 9. The number of nitrogens with zero attached hydrogens (tertiary/aromatic N) is 4. The standard InChI is InChI=1S/C36H22N4/c1-2-11-25(12-3-1)39-32-16-8-5-13-26(32)28-19-18-23-20-34-30(21-29(23)35(28)39)27-14-6-9-17-33(27)40(34)36-37-22-24-10-4-7-15-31(24)38-36/h1-22H. The lowest BCUT2D eigenvalue weighted by molar-refractivity contribution is 1.01. The molecule has 0 aliphatic carbocycles. The molecule has 0 aliphatic rings. The molecule has 9 aromatic rings. The van der Waals surface area contributed by atoms with E-state index in [2.05, 4.69) is 118 Å². The molecule has 4 heteroatoms. The second-order valence-electron chi connectivity index (χ2n) is 10.3. The summed E-state index contributed by atoms with van der Waals surface area (Å²) in [5.41, 5.74) is 6.74. The zero-order valence-electron chi connectivity index (χ0n) is 21.5. The average molecular weight is 511 g/mol. The summed E-state index contributed by atoms with van der Waals surface area (Å²) >= 11 is 0. The van der Waals surface area contributed by atoms with Crippen LogP contribution in [0.4, 0.5) is 0 Å². The van der Waals surface area contributed by atoms with E-state index in [9.17, 15) is 0 Å². The highest BCUT2D eigenvalue weighted by Crippen LogP contribution is 2.40. The van der Waals surface area contributed by atoms with Gasteiger partial charge < -0.3 is 4.57 Å². The number of para-hydroxylation sites is 4. The number of hydrogen-bond donors (Lipinski definition) is 0. The minimum Gasteiger partial charge on any atom is -0.309 e. The summed E-state index contributed by atoms with van der Waals surface area (Å²) in [6, 6.07) is 45.2. The molecule has 0 amide bonds. The van der Waals surface area contributed by atoms with Gasteiger partial charge in [-0.3, -0.25) is 4.57 Å². The van der Waals surface area contributed by atoms with Crippen LogP contribution in [-0.4, -0.2) is 19.1 Å². The lowest BCUT2D eigenvalue weighted by Gasteiger charge is -2.11. The van der Waals surface area contributed by atoms with E-state index >= 15 is 0 Å². The van der Waals surface area contributed by atoms with Gasteiger partial charge in [0.2, 0.25) is 5.95 Å². The van der Waals surface area contributed by atoms with Crippen molar-refractivity contribution < 1.29 is 0 Å². The first kappa shape index (κ1) is 21.5. The van der Waals surface area contributed by atoms with E-state index in [1.807, 2.05) is 24.4 Å². The molecule has 4 nitrogen and oxygen atoms in total. The van der Waals surface area contributed by atoms with Crippen molar-refractivity contribution in [2.45, 2.75) is 0 Å². The quantitative estimate of drug-likeness (QED) is 0.233.